The van der Waals surface area contributed by atoms with Gasteiger partial charge in [0.2, 0.25) is 5.89 Å². The summed E-state index contributed by atoms with van der Waals surface area (Å²) in [5, 5.41) is 3.80. The first-order chi connectivity index (χ1) is 12.7. The molecule has 1 aliphatic heterocycles. The Morgan fingerprint density at radius 2 is 2.12 bits per heavy atom. The zero-order chi connectivity index (χ0) is 17.9. The number of halogens is 1. The highest BCUT2D eigenvalue weighted by molar-refractivity contribution is 6.32. The molecule has 0 radical (unpaired) electrons. The monoisotopic (exact) mass is 365 g/mol. The van der Waals surface area contributed by atoms with Gasteiger partial charge in [-0.05, 0) is 49.4 Å². The minimum absolute atomic E-state index is 0.520. The number of oxazole rings is 1. The van der Waals surface area contributed by atoms with E-state index >= 15 is 0 Å². The van der Waals surface area contributed by atoms with E-state index in [0.717, 1.165) is 22.6 Å². The third-order valence-electron chi connectivity index (χ3n) is 3.81. The molecule has 1 N–H and O–H groups in total. The van der Waals surface area contributed by atoms with Gasteiger partial charge in [-0.15, -0.1) is 0 Å². The lowest BCUT2D eigenvalue weighted by atomic mass is 10.2. The number of hydrogen-bond acceptors (Lipinski definition) is 5. The maximum Gasteiger partial charge on any atom is 0.226 e. The fourth-order valence-electron chi connectivity index (χ4n) is 2.58. The van der Waals surface area contributed by atoms with Crippen molar-refractivity contribution in [2.45, 2.75) is 6.92 Å². The smallest absolute Gasteiger partial charge is 0.226 e. The number of aliphatic imine (C=N–C) groups is 1. The Morgan fingerprint density at radius 3 is 2.85 bits per heavy atom. The van der Waals surface area contributed by atoms with Crippen LogP contribution in [0.1, 0.15) is 5.69 Å². The topological polar surface area (TPSA) is 59.6 Å². The summed E-state index contributed by atoms with van der Waals surface area (Å²) in [7, 11) is 0. The molecule has 0 atom stereocenters. The normalized spacial score (nSPS) is 12.9. The lowest BCUT2D eigenvalue weighted by Crippen LogP contribution is -2.00. The van der Waals surface area contributed by atoms with Crippen molar-refractivity contribution in [1.29, 1.82) is 0 Å². The fraction of sp³-hybridized carbons (Fsp3) is 0.100. The molecule has 130 valence electrons. The molecule has 0 spiro atoms. The molecule has 0 aliphatic carbocycles. The van der Waals surface area contributed by atoms with Crippen molar-refractivity contribution in [3.8, 4) is 23.0 Å². The van der Waals surface area contributed by atoms with Crippen LogP contribution in [0.15, 0.2) is 69.9 Å². The van der Waals surface area contributed by atoms with Crippen molar-refractivity contribution in [2.24, 2.45) is 4.99 Å². The Bertz CT molecular complexity index is 1010. The predicted molar refractivity (Wildman–Crippen MR) is 103 cm³/mol. The Balaban J connectivity index is 1.52. The van der Waals surface area contributed by atoms with Gasteiger partial charge in [-0.2, -0.15) is 0 Å². The molecule has 0 fully saturated rings. The molecule has 1 aliphatic rings. The van der Waals surface area contributed by atoms with Crippen LogP contribution in [0.2, 0.25) is 5.02 Å². The van der Waals surface area contributed by atoms with E-state index in [9.17, 15) is 0 Å². The maximum absolute atomic E-state index is 6.38. The van der Waals surface area contributed by atoms with E-state index in [1.165, 1.54) is 0 Å². The minimum Gasteiger partial charge on any atom is -0.456 e. The second-order valence-electron chi connectivity index (χ2n) is 5.88. The predicted octanol–water partition coefficient (Wildman–Crippen LogP) is 5.48. The molecule has 6 heteroatoms. The summed E-state index contributed by atoms with van der Waals surface area (Å²) in [6.07, 6.45) is 5.34. The van der Waals surface area contributed by atoms with E-state index in [0.29, 0.717) is 29.0 Å². The number of aryl methyl sites for hydroxylation is 1. The van der Waals surface area contributed by atoms with Crippen LogP contribution < -0.4 is 10.1 Å². The van der Waals surface area contributed by atoms with Crippen LogP contribution >= 0.6 is 11.6 Å². The molecule has 2 heterocycles. The van der Waals surface area contributed by atoms with Crippen molar-refractivity contribution < 1.29 is 9.15 Å². The van der Waals surface area contributed by atoms with Gasteiger partial charge in [0.1, 0.15) is 17.8 Å². The van der Waals surface area contributed by atoms with Gasteiger partial charge in [0.25, 0.3) is 0 Å². The van der Waals surface area contributed by atoms with Crippen LogP contribution in [-0.4, -0.2) is 17.7 Å². The molecule has 4 rings (SSSR count). The van der Waals surface area contributed by atoms with Crippen molar-refractivity contribution >= 4 is 23.5 Å². The molecule has 0 amide bonds. The fourth-order valence-corrected chi connectivity index (χ4v) is 2.80. The number of rotatable bonds is 5. The van der Waals surface area contributed by atoms with E-state index in [4.69, 9.17) is 20.8 Å². The molecule has 0 unspecified atom stereocenters. The number of aromatic nitrogens is 1. The summed E-state index contributed by atoms with van der Waals surface area (Å²) in [6, 6.07) is 13.1. The summed E-state index contributed by atoms with van der Waals surface area (Å²) < 4.78 is 11.4. The number of nitrogens with zero attached hydrogens (tertiary/aromatic N) is 2. The second-order valence-corrected chi connectivity index (χ2v) is 6.28. The van der Waals surface area contributed by atoms with Gasteiger partial charge in [0.15, 0.2) is 0 Å². The summed E-state index contributed by atoms with van der Waals surface area (Å²) in [6.45, 7) is 2.54. The zero-order valence-corrected chi connectivity index (χ0v) is 14.8. The number of benzene rings is 2. The van der Waals surface area contributed by atoms with Gasteiger partial charge >= 0.3 is 0 Å². The Morgan fingerprint density at radius 1 is 1.19 bits per heavy atom. The highest BCUT2D eigenvalue weighted by atomic mass is 35.5. The lowest BCUT2D eigenvalue weighted by molar-refractivity contribution is 0.482. The third kappa shape index (κ3) is 3.63. The third-order valence-corrected chi connectivity index (χ3v) is 4.10. The quantitative estimate of drug-likeness (QED) is 0.650. The highest BCUT2D eigenvalue weighted by Crippen LogP contribution is 2.33. The molecule has 5 nitrogen and oxygen atoms in total. The minimum atomic E-state index is 0.520. The van der Waals surface area contributed by atoms with Crippen LogP contribution in [0.25, 0.3) is 11.5 Å². The van der Waals surface area contributed by atoms with E-state index in [2.05, 4.69) is 15.3 Å². The number of allylic oxidation sites excluding steroid dienone is 1. The second kappa shape index (κ2) is 7.06. The van der Waals surface area contributed by atoms with E-state index in [-0.39, 0.29) is 0 Å². The van der Waals surface area contributed by atoms with Crippen LogP contribution in [0, 0.1) is 6.92 Å². The first-order valence-corrected chi connectivity index (χ1v) is 8.51. The molecular weight excluding hydrogens is 350 g/mol. The summed E-state index contributed by atoms with van der Waals surface area (Å²) in [5.41, 5.74) is 3.60. The molecule has 2 aromatic carbocycles. The Kier molecular flexibility index (Phi) is 4.46. The van der Waals surface area contributed by atoms with Crippen molar-refractivity contribution in [3.63, 3.8) is 0 Å². The SMILES string of the molecule is Cc1coc(-c2cccc(Oc3ccc(NC4=CC=NC4)cc3Cl)c2)n1. The van der Waals surface area contributed by atoms with Gasteiger partial charge in [0.05, 0.1) is 17.3 Å². The first kappa shape index (κ1) is 16.4. The summed E-state index contributed by atoms with van der Waals surface area (Å²) in [4.78, 5) is 8.48. The molecule has 0 saturated carbocycles. The van der Waals surface area contributed by atoms with Crippen molar-refractivity contribution in [2.75, 3.05) is 11.9 Å². The van der Waals surface area contributed by atoms with Crippen LogP contribution in [0.4, 0.5) is 5.69 Å². The van der Waals surface area contributed by atoms with E-state index < -0.39 is 0 Å². The van der Waals surface area contributed by atoms with Gasteiger partial charge in [-0.1, -0.05) is 17.7 Å². The first-order valence-electron chi connectivity index (χ1n) is 8.13. The number of ether oxygens (including phenoxy) is 1. The molecule has 26 heavy (non-hydrogen) atoms. The highest BCUT2D eigenvalue weighted by Gasteiger charge is 2.09. The Labute approximate surface area is 156 Å². The van der Waals surface area contributed by atoms with Crippen LogP contribution in [0.5, 0.6) is 11.5 Å². The van der Waals surface area contributed by atoms with Crippen molar-refractivity contribution in [1.82, 2.24) is 4.98 Å². The van der Waals surface area contributed by atoms with Gasteiger partial charge in [-0.3, -0.25) is 4.99 Å². The Hall–Kier alpha value is -3.05. The lowest BCUT2D eigenvalue weighted by Gasteiger charge is -2.11. The van der Waals surface area contributed by atoms with Crippen molar-refractivity contribution in [3.05, 3.63) is 71.2 Å². The molecular formula is C20H16ClN3O2. The van der Waals surface area contributed by atoms with E-state index in [1.54, 1.807) is 12.5 Å². The van der Waals surface area contributed by atoms with E-state index in [1.807, 2.05) is 55.5 Å². The number of nitrogens with one attached hydrogen (secondary N) is 1. The van der Waals surface area contributed by atoms with Gasteiger partial charge in [0, 0.05) is 23.2 Å². The summed E-state index contributed by atoms with van der Waals surface area (Å²) >= 11 is 6.38. The molecule has 1 aromatic heterocycles. The average Bonchev–Trinajstić information content (AvgIpc) is 3.29. The standard InChI is InChI=1S/C20H16ClN3O2/c1-13-12-25-20(23-13)14-3-2-4-17(9-14)26-19-6-5-15(10-18(19)21)24-16-7-8-22-11-16/h2-10,12,24H,11H2,1H3. The van der Waals surface area contributed by atoms with Gasteiger partial charge in [-0.25, -0.2) is 4.98 Å². The largest absolute Gasteiger partial charge is 0.456 e. The average molecular weight is 366 g/mol. The zero-order valence-electron chi connectivity index (χ0n) is 14.1. The number of hydrogen-bond donors (Lipinski definition) is 1. The van der Waals surface area contributed by atoms with Gasteiger partial charge < -0.3 is 14.5 Å². The molecule has 0 bridgehead atoms. The van der Waals surface area contributed by atoms with Crippen LogP contribution in [-0.2, 0) is 0 Å². The maximum atomic E-state index is 6.38. The number of anilines is 1. The summed E-state index contributed by atoms with van der Waals surface area (Å²) in [5.74, 6) is 1.80. The molecule has 3 aromatic rings. The molecule has 0 saturated heterocycles. The van der Waals surface area contributed by atoms with Crippen LogP contribution in [0.3, 0.4) is 0 Å².